The van der Waals surface area contributed by atoms with E-state index in [1.165, 1.54) is 42.9 Å². The van der Waals surface area contributed by atoms with Gasteiger partial charge >= 0.3 is 0 Å². The summed E-state index contributed by atoms with van der Waals surface area (Å²) in [5.41, 5.74) is 1.22. The molecule has 0 spiro atoms. The number of carbonyl (C=O) groups is 1. The van der Waals surface area contributed by atoms with Crippen molar-refractivity contribution in [2.24, 2.45) is 5.92 Å². The highest BCUT2D eigenvalue weighted by atomic mass is 32.1. The summed E-state index contributed by atoms with van der Waals surface area (Å²) in [6.07, 6.45) is 9.32. The molecule has 1 fully saturated rings. The largest absolute Gasteiger partial charge is 0.310 e. The van der Waals surface area contributed by atoms with Gasteiger partial charge in [0.15, 0.2) is 0 Å². The Morgan fingerprint density at radius 1 is 1.29 bits per heavy atom. The SMILES string of the molecule is CCCc1cc(=O)[nH]c(-n2nc(-c3cccs3)cc2NC(=O)CCC2CCCCC2)n1. The molecule has 0 saturated heterocycles. The lowest BCUT2D eigenvalue weighted by atomic mass is 9.86. The zero-order chi connectivity index (χ0) is 21.6. The molecule has 0 radical (unpaired) electrons. The molecule has 164 valence electrons. The highest BCUT2D eigenvalue weighted by Crippen LogP contribution is 2.29. The van der Waals surface area contributed by atoms with Gasteiger partial charge in [0.2, 0.25) is 11.9 Å². The first-order valence-corrected chi connectivity index (χ1v) is 12.0. The number of nitrogens with zero attached hydrogens (tertiary/aromatic N) is 3. The maximum atomic E-state index is 12.7. The predicted octanol–water partition coefficient (Wildman–Crippen LogP) is 4.94. The number of aromatic nitrogens is 4. The summed E-state index contributed by atoms with van der Waals surface area (Å²) in [6.45, 7) is 2.04. The zero-order valence-electron chi connectivity index (χ0n) is 17.9. The Kier molecular flexibility index (Phi) is 6.96. The molecule has 8 heteroatoms. The van der Waals surface area contributed by atoms with Gasteiger partial charge < -0.3 is 5.32 Å². The van der Waals surface area contributed by atoms with Gasteiger partial charge in [-0.05, 0) is 30.2 Å². The Morgan fingerprint density at radius 3 is 2.87 bits per heavy atom. The van der Waals surface area contributed by atoms with E-state index in [1.54, 1.807) is 11.3 Å². The molecule has 7 nitrogen and oxygen atoms in total. The third-order valence-electron chi connectivity index (χ3n) is 5.74. The van der Waals surface area contributed by atoms with E-state index in [1.807, 2.05) is 30.5 Å². The van der Waals surface area contributed by atoms with Crippen LogP contribution >= 0.6 is 11.3 Å². The monoisotopic (exact) mass is 439 g/mol. The predicted molar refractivity (Wildman–Crippen MR) is 124 cm³/mol. The van der Waals surface area contributed by atoms with Crippen molar-refractivity contribution in [3.05, 3.63) is 45.7 Å². The van der Waals surface area contributed by atoms with Crippen molar-refractivity contribution in [3.63, 3.8) is 0 Å². The third-order valence-corrected chi connectivity index (χ3v) is 6.64. The van der Waals surface area contributed by atoms with Crippen molar-refractivity contribution in [2.45, 2.75) is 64.7 Å². The van der Waals surface area contributed by atoms with E-state index >= 15 is 0 Å². The third kappa shape index (κ3) is 5.50. The van der Waals surface area contributed by atoms with Crippen molar-refractivity contribution >= 4 is 23.1 Å². The van der Waals surface area contributed by atoms with E-state index in [0.29, 0.717) is 36.2 Å². The van der Waals surface area contributed by atoms with Gasteiger partial charge in [-0.15, -0.1) is 11.3 Å². The standard InChI is InChI=1S/C23H29N5O2S/c1-2-7-17-14-22(30)26-23(24-17)28-20(15-18(27-28)19-10-6-13-31-19)25-21(29)12-11-16-8-4-3-5-9-16/h6,10,13-16H,2-5,7-9,11-12H2,1H3,(H,25,29)(H,24,26,30). The Balaban J connectivity index is 1.58. The number of amides is 1. The van der Waals surface area contributed by atoms with Crippen molar-refractivity contribution < 1.29 is 4.79 Å². The van der Waals surface area contributed by atoms with Crippen LogP contribution in [-0.2, 0) is 11.2 Å². The minimum absolute atomic E-state index is 0.0310. The molecule has 1 amide bonds. The van der Waals surface area contributed by atoms with Crippen LogP contribution in [0.5, 0.6) is 0 Å². The summed E-state index contributed by atoms with van der Waals surface area (Å²) >= 11 is 1.57. The van der Waals surface area contributed by atoms with Crippen LogP contribution in [0.25, 0.3) is 16.5 Å². The van der Waals surface area contributed by atoms with E-state index in [0.717, 1.165) is 23.4 Å². The first-order chi connectivity index (χ1) is 15.1. The molecule has 3 aromatic heterocycles. The van der Waals surface area contributed by atoms with Crippen LogP contribution in [0.4, 0.5) is 5.82 Å². The number of aryl methyl sites for hydroxylation is 1. The molecular formula is C23H29N5O2S. The number of nitrogens with one attached hydrogen (secondary N) is 2. The first-order valence-electron chi connectivity index (χ1n) is 11.2. The lowest BCUT2D eigenvalue weighted by Crippen LogP contribution is -2.20. The summed E-state index contributed by atoms with van der Waals surface area (Å²) in [4.78, 5) is 33.2. The highest BCUT2D eigenvalue weighted by molar-refractivity contribution is 7.13. The molecule has 0 atom stereocenters. The van der Waals surface area contributed by atoms with E-state index < -0.39 is 0 Å². The van der Waals surface area contributed by atoms with Gasteiger partial charge in [-0.2, -0.15) is 9.78 Å². The Hall–Kier alpha value is -2.74. The van der Waals surface area contributed by atoms with E-state index in [2.05, 4.69) is 20.4 Å². The number of rotatable bonds is 8. The smallest absolute Gasteiger partial charge is 0.252 e. The van der Waals surface area contributed by atoms with Gasteiger partial charge in [0.1, 0.15) is 11.5 Å². The normalized spacial score (nSPS) is 14.6. The second-order valence-corrected chi connectivity index (χ2v) is 9.15. The number of H-pyrrole nitrogens is 1. The van der Waals surface area contributed by atoms with Gasteiger partial charge in [0.05, 0.1) is 4.88 Å². The molecule has 0 bridgehead atoms. The van der Waals surface area contributed by atoms with Gasteiger partial charge in [0.25, 0.3) is 5.56 Å². The minimum atomic E-state index is -0.226. The van der Waals surface area contributed by atoms with Crippen LogP contribution in [0, 0.1) is 5.92 Å². The Bertz CT molecular complexity index is 1060. The fourth-order valence-electron chi connectivity index (χ4n) is 4.17. The molecule has 1 saturated carbocycles. The summed E-state index contributed by atoms with van der Waals surface area (Å²) in [5, 5.41) is 9.64. The van der Waals surface area contributed by atoms with Crippen molar-refractivity contribution in [1.29, 1.82) is 0 Å². The quantitative estimate of drug-likeness (QED) is 0.520. The summed E-state index contributed by atoms with van der Waals surface area (Å²) < 4.78 is 1.54. The average molecular weight is 440 g/mol. The van der Waals surface area contributed by atoms with Gasteiger partial charge in [-0.25, -0.2) is 4.98 Å². The molecule has 31 heavy (non-hydrogen) atoms. The van der Waals surface area contributed by atoms with Crippen molar-refractivity contribution in [2.75, 3.05) is 5.32 Å². The molecular weight excluding hydrogens is 410 g/mol. The summed E-state index contributed by atoms with van der Waals surface area (Å²) in [5.74, 6) is 1.46. The zero-order valence-corrected chi connectivity index (χ0v) is 18.7. The molecule has 0 unspecified atom stereocenters. The van der Waals surface area contributed by atoms with Crippen LogP contribution < -0.4 is 10.9 Å². The van der Waals surface area contributed by atoms with Gasteiger partial charge in [0, 0.05) is 24.2 Å². The van der Waals surface area contributed by atoms with Gasteiger partial charge in [-0.1, -0.05) is 51.5 Å². The van der Waals surface area contributed by atoms with E-state index in [-0.39, 0.29) is 11.5 Å². The van der Waals surface area contributed by atoms with Crippen LogP contribution in [0.15, 0.2) is 34.4 Å². The molecule has 3 aromatic rings. The molecule has 1 aliphatic rings. The maximum absolute atomic E-state index is 12.7. The summed E-state index contributed by atoms with van der Waals surface area (Å²) in [7, 11) is 0. The molecule has 0 aliphatic heterocycles. The molecule has 4 rings (SSSR count). The molecule has 2 N–H and O–H groups in total. The second-order valence-electron chi connectivity index (χ2n) is 8.21. The first kappa shape index (κ1) is 21.5. The van der Waals surface area contributed by atoms with E-state index in [4.69, 9.17) is 0 Å². The topological polar surface area (TPSA) is 92.7 Å². The summed E-state index contributed by atoms with van der Waals surface area (Å²) in [6, 6.07) is 7.30. The van der Waals surface area contributed by atoms with Crippen LogP contribution in [0.1, 0.15) is 64.0 Å². The number of hydrogen-bond acceptors (Lipinski definition) is 5. The number of anilines is 1. The Morgan fingerprint density at radius 2 is 2.13 bits per heavy atom. The highest BCUT2D eigenvalue weighted by Gasteiger charge is 2.18. The van der Waals surface area contributed by atoms with Crippen LogP contribution in [0.3, 0.4) is 0 Å². The number of thiophene rings is 1. The number of aromatic amines is 1. The van der Waals surface area contributed by atoms with Gasteiger partial charge in [-0.3, -0.25) is 14.6 Å². The van der Waals surface area contributed by atoms with Crippen molar-refractivity contribution in [1.82, 2.24) is 19.7 Å². The second kappa shape index (κ2) is 10.0. The number of carbonyl (C=O) groups excluding carboxylic acids is 1. The fraction of sp³-hybridized carbons (Fsp3) is 0.478. The average Bonchev–Trinajstić information content (AvgIpc) is 3.43. The lowest BCUT2D eigenvalue weighted by molar-refractivity contribution is -0.116. The fourth-order valence-corrected chi connectivity index (χ4v) is 4.85. The lowest BCUT2D eigenvalue weighted by Gasteiger charge is -2.21. The Labute approximate surface area is 185 Å². The molecule has 1 aliphatic carbocycles. The maximum Gasteiger partial charge on any atom is 0.252 e. The molecule has 0 aromatic carbocycles. The van der Waals surface area contributed by atoms with Crippen LogP contribution in [0.2, 0.25) is 0 Å². The minimum Gasteiger partial charge on any atom is -0.310 e. The van der Waals surface area contributed by atoms with Crippen molar-refractivity contribution in [3.8, 4) is 16.5 Å². The van der Waals surface area contributed by atoms with Crippen LogP contribution in [-0.4, -0.2) is 25.7 Å². The number of hydrogen-bond donors (Lipinski definition) is 2. The molecule has 3 heterocycles. The van der Waals surface area contributed by atoms with E-state index in [9.17, 15) is 9.59 Å².